The van der Waals surface area contributed by atoms with Crippen LogP contribution in [0.3, 0.4) is 0 Å². The highest BCUT2D eigenvalue weighted by atomic mass is 16.5. The average molecular weight is 284 g/mol. The molecule has 1 atom stereocenters. The normalized spacial score (nSPS) is 21.0. The molecule has 3 nitrogen and oxygen atoms in total. The first-order valence-corrected chi connectivity index (χ1v) is 7.14. The van der Waals surface area contributed by atoms with E-state index >= 15 is 0 Å². The zero-order valence-electron chi connectivity index (χ0n) is 12.5. The molecule has 1 aliphatic rings. The molecular weight excluding hydrogens is 264 g/mol. The molecule has 21 heavy (non-hydrogen) atoms. The molecule has 3 heteroatoms. The van der Waals surface area contributed by atoms with Gasteiger partial charge in [-0.15, -0.1) is 0 Å². The predicted molar refractivity (Wildman–Crippen MR) is 83.0 cm³/mol. The molecule has 0 saturated heterocycles. The summed E-state index contributed by atoms with van der Waals surface area (Å²) >= 11 is 0. The Balaban J connectivity index is 2.19. The number of hydrogen-bond donors (Lipinski definition) is 0. The molecule has 0 amide bonds. The summed E-state index contributed by atoms with van der Waals surface area (Å²) in [6.07, 6.45) is 7.96. The molecule has 0 heterocycles. The number of carbonyl (C=O) groups excluding carboxylic acids is 2. The van der Waals surface area contributed by atoms with Gasteiger partial charge in [0.25, 0.3) is 0 Å². The minimum atomic E-state index is -0.691. The summed E-state index contributed by atoms with van der Waals surface area (Å²) < 4.78 is 5.47. The fraction of sp³-hybridized carbons (Fsp3) is 0.333. The van der Waals surface area contributed by atoms with Gasteiger partial charge in [0.1, 0.15) is 0 Å². The Morgan fingerprint density at radius 2 is 2.24 bits per heavy atom. The summed E-state index contributed by atoms with van der Waals surface area (Å²) in [5, 5.41) is 0. The van der Waals surface area contributed by atoms with Crippen LogP contribution in [-0.2, 0) is 20.7 Å². The van der Waals surface area contributed by atoms with Crippen LogP contribution < -0.4 is 0 Å². The van der Waals surface area contributed by atoms with Gasteiger partial charge in [0.05, 0.1) is 5.60 Å². The second-order valence-corrected chi connectivity index (χ2v) is 5.28. The van der Waals surface area contributed by atoms with Crippen molar-refractivity contribution in [2.45, 2.75) is 31.8 Å². The van der Waals surface area contributed by atoms with Crippen LogP contribution in [0.4, 0.5) is 0 Å². The largest absolute Gasteiger partial charge is 0.373 e. The van der Waals surface area contributed by atoms with Gasteiger partial charge in [0.15, 0.2) is 12.1 Å². The molecule has 0 aromatic heterocycles. The molecule has 2 rings (SSSR count). The monoisotopic (exact) mass is 284 g/mol. The van der Waals surface area contributed by atoms with Gasteiger partial charge in [-0.1, -0.05) is 49.4 Å². The van der Waals surface area contributed by atoms with E-state index in [1.54, 1.807) is 7.11 Å². The number of benzene rings is 1. The summed E-state index contributed by atoms with van der Waals surface area (Å²) in [5.74, 6) is -0.439. The van der Waals surface area contributed by atoms with Crippen LogP contribution in [0.15, 0.2) is 42.5 Å². The van der Waals surface area contributed by atoms with Gasteiger partial charge in [0.2, 0.25) is 0 Å². The number of Topliss-reactive ketones (excluding diaryl/α,β-unsaturated/α-hetero) is 1. The van der Waals surface area contributed by atoms with E-state index in [4.69, 9.17) is 4.74 Å². The first-order chi connectivity index (χ1) is 10.1. The van der Waals surface area contributed by atoms with E-state index < -0.39 is 11.4 Å². The zero-order valence-corrected chi connectivity index (χ0v) is 12.5. The first kappa shape index (κ1) is 15.4. The van der Waals surface area contributed by atoms with E-state index in [0.717, 1.165) is 17.6 Å². The van der Waals surface area contributed by atoms with Gasteiger partial charge >= 0.3 is 0 Å². The fourth-order valence-corrected chi connectivity index (χ4v) is 2.54. The molecule has 1 aliphatic carbocycles. The molecule has 0 aliphatic heterocycles. The van der Waals surface area contributed by atoms with Gasteiger partial charge in [-0.2, -0.15) is 0 Å². The topological polar surface area (TPSA) is 43.4 Å². The lowest BCUT2D eigenvalue weighted by atomic mass is 9.85. The number of rotatable bonds is 6. The van der Waals surface area contributed by atoms with E-state index in [9.17, 15) is 9.59 Å². The molecule has 1 unspecified atom stereocenters. The third kappa shape index (κ3) is 3.56. The van der Waals surface area contributed by atoms with Gasteiger partial charge in [-0.25, -0.2) is 0 Å². The molecule has 0 radical (unpaired) electrons. The molecule has 0 N–H and O–H groups in total. The Morgan fingerprint density at radius 1 is 1.43 bits per heavy atom. The van der Waals surface area contributed by atoms with Crippen LogP contribution >= 0.6 is 0 Å². The van der Waals surface area contributed by atoms with Crippen molar-refractivity contribution in [3.63, 3.8) is 0 Å². The van der Waals surface area contributed by atoms with Crippen LogP contribution in [0.25, 0.3) is 5.57 Å². The van der Waals surface area contributed by atoms with Gasteiger partial charge in [-0.05, 0) is 29.5 Å². The van der Waals surface area contributed by atoms with Crippen molar-refractivity contribution in [1.82, 2.24) is 0 Å². The van der Waals surface area contributed by atoms with E-state index in [-0.39, 0.29) is 6.42 Å². The lowest BCUT2D eigenvalue weighted by molar-refractivity contribution is -0.132. The molecule has 110 valence electrons. The average Bonchev–Trinajstić information content (AvgIpc) is 2.55. The van der Waals surface area contributed by atoms with E-state index in [1.165, 1.54) is 5.56 Å². The summed E-state index contributed by atoms with van der Waals surface area (Å²) in [6.45, 7) is 2.13. The predicted octanol–water partition coefficient (Wildman–Crippen LogP) is 3.14. The highest BCUT2D eigenvalue weighted by molar-refractivity contribution is 6.25. The summed E-state index contributed by atoms with van der Waals surface area (Å²) in [6, 6.07) is 8.41. The van der Waals surface area contributed by atoms with Crippen LogP contribution in [0, 0.1) is 0 Å². The fourth-order valence-electron chi connectivity index (χ4n) is 2.54. The van der Waals surface area contributed by atoms with Gasteiger partial charge in [0, 0.05) is 13.5 Å². The SMILES string of the molecule is CCc1cccc(C2=CCC(CC(=O)C=O)(OC)C=C2)c1. The minimum absolute atomic E-state index is 0.0856. The van der Waals surface area contributed by atoms with Crippen molar-refractivity contribution in [2.75, 3.05) is 7.11 Å². The second-order valence-electron chi connectivity index (χ2n) is 5.28. The lowest BCUT2D eigenvalue weighted by Gasteiger charge is -2.30. The van der Waals surface area contributed by atoms with Crippen molar-refractivity contribution < 1.29 is 14.3 Å². The molecular formula is C18H20O3. The number of ether oxygens (including phenoxy) is 1. The Hall–Kier alpha value is -2.00. The summed E-state index contributed by atoms with van der Waals surface area (Å²) in [7, 11) is 1.57. The minimum Gasteiger partial charge on any atom is -0.373 e. The molecule has 0 bridgehead atoms. The van der Waals surface area contributed by atoms with Gasteiger partial charge < -0.3 is 4.74 Å². The molecule has 1 aromatic carbocycles. The first-order valence-electron chi connectivity index (χ1n) is 7.14. The summed E-state index contributed by atoms with van der Waals surface area (Å²) in [5.41, 5.74) is 2.89. The highest BCUT2D eigenvalue weighted by Gasteiger charge is 2.30. The van der Waals surface area contributed by atoms with E-state index in [0.29, 0.717) is 12.7 Å². The number of carbonyl (C=O) groups is 2. The Kier molecular flexibility index (Phi) is 4.86. The van der Waals surface area contributed by atoms with Crippen LogP contribution in [0.5, 0.6) is 0 Å². The van der Waals surface area contributed by atoms with Crippen molar-refractivity contribution in [3.05, 3.63) is 53.6 Å². The molecule has 0 saturated carbocycles. The molecule has 0 spiro atoms. The van der Waals surface area contributed by atoms with E-state index in [1.807, 2.05) is 12.2 Å². The summed E-state index contributed by atoms with van der Waals surface area (Å²) in [4.78, 5) is 21.9. The molecule has 1 aromatic rings. The Labute approximate surface area is 125 Å². The third-order valence-corrected chi connectivity index (χ3v) is 3.91. The number of hydrogen-bond acceptors (Lipinski definition) is 3. The lowest BCUT2D eigenvalue weighted by Crippen LogP contribution is -2.33. The van der Waals surface area contributed by atoms with Crippen LogP contribution in [0.2, 0.25) is 0 Å². The quantitative estimate of drug-likeness (QED) is 0.595. The highest BCUT2D eigenvalue weighted by Crippen LogP contribution is 2.31. The van der Waals surface area contributed by atoms with Crippen molar-refractivity contribution >= 4 is 17.6 Å². The van der Waals surface area contributed by atoms with Crippen LogP contribution in [0.1, 0.15) is 30.9 Å². The Bertz CT molecular complexity index is 598. The van der Waals surface area contributed by atoms with E-state index in [2.05, 4.69) is 37.3 Å². The standard InChI is InChI=1S/C18H20O3/c1-3-14-5-4-6-16(11-14)15-7-9-18(21-2,10-8-15)12-17(20)13-19/h4-9,11,13H,3,10,12H2,1-2H3. The maximum absolute atomic E-state index is 11.4. The zero-order chi connectivity index (χ0) is 15.3. The van der Waals surface area contributed by atoms with Gasteiger partial charge in [-0.3, -0.25) is 9.59 Å². The smallest absolute Gasteiger partial charge is 0.198 e. The van der Waals surface area contributed by atoms with Crippen LogP contribution in [-0.4, -0.2) is 24.8 Å². The Morgan fingerprint density at radius 3 is 2.81 bits per heavy atom. The van der Waals surface area contributed by atoms with Crippen molar-refractivity contribution in [3.8, 4) is 0 Å². The van der Waals surface area contributed by atoms with Crippen molar-refractivity contribution in [1.29, 1.82) is 0 Å². The number of aryl methyl sites for hydroxylation is 1. The maximum Gasteiger partial charge on any atom is 0.198 e. The second kappa shape index (κ2) is 6.64. The number of aldehydes is 1. The maximum atomic E-state index is 11.4. The number of allylic oxidation sites excluding steroid dienone is 2. The third-order valence-electron chi connectivity index (χ3n) is 3.91. The number of ketones is 1. The van der Waals surface area contributed by atoms with Crippen molar-refractivity contribution in [2.24, 2.45) is 0 Å². The number of methoxy groups -OCH3 is 1. The molecule has 0 fully saturated rings.